The van der Waals surface area contributed by atoms with Gasteiger partial charge in [-0.1, -0.05) is 74.6 Å². The topological polar surface area (TPSA) is 110 Å². The molecule has 160 valence electrons. The molecule has 6 nitrogen and oxygen atoms in total. The number of carbonyl (C=O) groups is 2. The quantitative estimate of drug-likeness (QED) is 0.529. The summed E-state index contributed by atoms with van der Waals surface area (Å²) in [5, 5.41) is 5.70. The van der Waals surface area contributed by atoms with Gasteiger partial charge in [0.05, 0.1) is 0 Å². The average Bonchev–Trinajstić information content (AvgIpc) is 2.75. The van der Waals surface area contributed by atoms with Gasteiger partial charge in [0, 0.05) is 5.69 Å². The highest BCUT2D eigenvalue weighted by Gasteiger charge is 2.40. The number of benzene rings is 2. The molecule has 1 fully saturated rings. The van der Waals surface area contributed by atoms with Gasteiger partial charge in [0.2, 0.25) is 5.91 Å². The number of primary amides is 1. The van der Waals surface area contributed by atoms with Crippen LogP contribution in [0.1, 0.15) is 44.9 Å². The lowest BCUT2D eigenvalue weighted by atomic mass is 9.77. The normalized spacial score (nSPS) is 16.4. The first-order chi connectivity index (χ1) is 14.5. The third-order valence-electron chi connectivity index (χ3n) is 6.01. The van der Waals surface area contributed by atoms with Crippen molar-refractivity contribution in [3.05, 3.63) is 54.6 Å². The SMILES string of the molecule is NCCC(CC1CCCCC1)(NC(=O)Nc1ccc(-c2ccccc2)cc1)C(N)=O. The van der Waals surface area contributed by atoms with Gasteiger partial charge in [-0.2, -0.15) is 0 Å². The molecule has 0 spiro atoms. The Hall–Kier alpha value is -2.86. The van der Waals surface area contributed by atoms with Crippen LogP contribution < -0.4 is 22.1 Å². The molecule has 1 atom stereocenters. The number of hydrogen-bond acceptors (Lipinski definition) is 3. The summed E-state index contributed by atoms with van der Waals surface area (Å²) in [4.78, 5) is 25.1. The predicted octanol–water partition coefficient (Wildman–Crippen LogP) is 4.02. The van der Waals surface area contributed by atoms with Crippen molar-refractivity contribution in [2.45, 2.75) is 50.5 Å². The minimum Gasteiger partial charge on any atom is -0.368 e. The zero-order chi connectivity index (χ0) is 21.4. The number of urea groups is 1. The second-order valence-electron chi connectivity index (χ2n) is 8.22. The van der Waals surface area contributed by atoms with Crippen LogP contribution in [0.3, 0.4) is 0 Å². The molecule has 0 aromatic heterocycles. The summed E-state index contributed by atoms with van der Waals surface area (Å²) in [5.41, 5.74) is 13.2. The van der Waals surface area contributed by atoms with E-state index >= 15 is 0 Å². The lowest BCUT2D eigenvalue weighted by molar-refractivity contribution is -0.125. The molecule has 0 radical (unpaired) electrons. The van der Waals surface area contributed by atoms with Crippen LogP contribution in [-0.4, -0.2) is 24.0 Å². The van der Waals surface area contributed by atoms with Crippen LogP contribution in [0.5, 0.6) is 0 Å². The molecule has 1 saturated carbocycles. The summed E-state index contributed by atoms with van der Waals surface area (Å²) in [6, 6.07) is 17.2. The Bertz CT molecular complexity index is 832. The summed E-state index contributed by atoms with van der Waals surface area (Å²) in [7, 11) is 0. The molecule has 0 saturated heterocycles. The van der Waals surface area contributed by atoms with Gasteiger partial charge < -0.3 is 22.1 Å². The monoisotopic (exact) mass is 408 g/mol. The van der Waals surface area contributed by atoms with Crippen LogP contribution in [0.15, 0.2) is 54.6 Å². The van der Waals surface area contributed by atoms with Crippen LogP contribution in [0.2, 0.25) is 0 Å². The number of hydrogen-bond donors (Lipinski definition) is 4. The molecule has 0 aliphatic heterocycles. The standard InChI is InChI=1S/C24H32N4O2/c25-16-15-24(22(26)29,17-18-7-3-1-4-8-18)28-23(30)27-21-13-11-20(12-14-21)19-9-5-2-6-10-19/h2,5-6,9-14,18H,1,3-4,7-8,15-17,25H2,(H2,26,29)(H2,27,28,30). The van der Waals surface area contributed by atoms with Gasteiger partial charge in [-0.25, -0.2) is 4.79 Å². The highest BCUT2D eigenvalue weighted by atomic mass is 16.2. The van der Waals surface area contributed by atoms with E-state index in [1.54, 1.807) is 0 Å². The molecule has 2 aromatic rings. The maximum absolute atomic E-state index is 12.7. The van der Waals surface area contributed by atoms with Crippen molar-refractivity contribution in [1.29, 1.82) is 0 Å². The van der Waals surface area contributed by atoms with E-state index in [0.717, 1.165) is 36.8 Å². The molecule has 6 N–H and O–H groups in total. The van der Waals surface area contributed by atoms with Crippen LogP contribution in [0.25, 0.3) is 11.1 Å². The Balaban J connectivity index is 1.68. The molecule has 6 heteroatoms. The Labute approximate surface area is 178 Å². The van der Waals surface area contributed by atoms with E-state index in [4.69, 9.17) is 11.5 Å². The Kier molecular flexibility index (Phi) is 7.46. The van der Waals surface area contributed by atoms with Crippen molar-refractivity contribution in [2.75, 3.05) is 11.9 Å². The molecule has 2 aromatic carbocycles. The van der Waals surface area contributed by atoms with Crippen LogP contribution >= 0.6 is 0 Å². The van der Waals surface area contributed by atoms with Gasteiger partial charge in [-0.15, -0.1) is 0 Å². The second-order valence-corrected chi connectivity index (χ2v) is 8.22. The van der Waals surface area contributed by atoms with E-state index in [1.165, 1.54) is 6.42 Å². The lowest BCUT2D eigenvalue weighted by Gasteiger charge is -2.36. The Morgan fingerprint density at radius 1 is 0.933 bits per heavy atom. The Morgan fingerprint density at radius 2 is 1.57 bits per heavy atom. The molecule has 30 heavy (non-hydrogen) atoms. The Morgan fingerprint density at radius 3 is 2.17 bits per heavy atom. The third-order valence-corrected chi connectivity index (χ3v) is 6.01. The molecule has 1 aliphatic rings. The fourth-order valence-corrected chi connectivity index (χ4v) is 4.39. The summed E-state index contributed by atoms with van der Waals surface area (Å²) in [6.45, 7) is 0.279. The number of nitrogens with one attached hydrogen (secondary N) is 2. The second kappa shape index (κ2) is 10.3. The minimum atomic E-state index is -1.12. The first-order valence-corrected chi connectivity index (χ1v) is 10.8. The highest BCUT2D eigenvalue weighted by molar-refractivity contribution is 5.95. The smallest absolute Gasteiger partial charge is 0.320 e. The van der Waals surface area contributed by atoms with E-state index < -0.39 is 17.5 Å². The summed E-state index contributed by atoms with van der Waals surface area (Å²) in [5.74, 6) is -0.142. The molecule has 1 unspecified atom stereocenters. The summed E-state index contributed by atoms with van der Waals surface area (Å²) >= 11 is 0. The molecule has 0 heterocycles. The van der Waals surface area contributed by atoms with E-state index in [0.29, 0.717) is 24.4 Å². The van der Waals surface area contributed by atoms with E-state index in [1.807, 2.05) is 54.6 Å². The number of anilines is 1. The first-order valence-electron chi connectivity index (χ1n) is 10.8. The van der Waals surface area contributed by atoms with E-state index in [9.17, 15) is 9.59 Å². The van der Waals surface area contributed by atoms with E-state index in [-0.39, 0.29) is 6.54 Å². The number of amides is 3. The molecular weight excluding hydrogens is 376 g/mol. The predicted molar refractivity (Wildman–Crippen MR) is 121 cm³/mol. The van der Waals surface area contributed by atoms with E-state index in [2.05, 4.69) is 10.6 Å². The number of rotatable bonds is 8. The third kappa shape index (κ3) is 5.60. The van der Waals surface area contributed by atoms with Crippen LogP contribution in [-0.2, 0) is 4.79 Å². The summed E-state index contributed by atoms with van der Waals surface area (Å²) < 4.78 is 0. The molecule has 0 bridgehead atoms. The highest BCUT2D eigenvalue weighted by Crippen LogP contribution is 2.32. The van der Waals surface area contributed by atoms with Crippen LogP contribution in [0, 0.1) is 5.92 Å². The van der Waals surface area contributed by atoms with Gasteiger partial charge >= 0.3 is 6.03 Å². The fraction of sp³-hybridized carbons (Fsp3) is 0.417. The lowest BCUT2D eigenvalue weighted by Crippen LogP contribution is -2.60. The van der Waals surface area contributed by atoms with Gasteiger partial charge in [0.1, 0.15) is 5.54 Å². The molecular formula is C24H32N4O2. The van der Waals surface area contributed by atoms with Crippen molar-refractivity contribution in [1.82, 2.24) is 5.32 Å². The summed E-state index contributed by atoms with van der Waals surface area (Å²) in [6.07, 6.45) is 6.53. The number of nitrogens with two attached hydrogens (primary N) is 2. The minimum absolute atomic E-state index is 0.279. The zero-order valence-electron chi connectivity index (χ0n) is 17.4. The largest absolute Gasteiger partial charge is 0.368 e. The molecule has 3 amide bonds. The zero-order valence-corrected chi connectivity index (χ0v) is 17.4. The van der Waals surface area contributed by atoms with Crippen molar-refractivity contribution in [2.24, 2.45) is 17.4 Å². The molecule has 1 aliphatic carbocycles. The van der Waals surface area contributed by atoms with Gasteiger partial charge in [0.15, 0.2) is 0 Å². The van der Waals surface area contributed by atoms with Crippen molar-refractivity contribution >= 4 is 17.6 Å². The fourth-order valence-electron chi connectivity index (χ4n) is 4.39. The maximum atomic E-state index is 12.7. The van der Waals surface area contributed by atoms with Crippen molar-refractivity contribution < 1.29 is 9.59 Å². The van der Waals surface area contributed by atoms with Gasteiger partial charge in [-0.3, -0.25) is 4.79 Å². The first kappa shape index (κ1) is 21.8. The maximum Gasteiger partial charge on any atom is 0.320 e. The van der Waals surface area contributed by atoms with Crippen molar-refractivity contribution in [3.8, 4) is 11.1 Å². The van der Waals surface area contributed by atoms with Gasteiger partial charge in [-0.05, 0) is 48.6 Å². The van der Waals surface area contributed by atoms with Crippen LogP contribution in [0.4, 0.5) is 10.5 Å². The number of carbonyl (C=O) groups excluding carboxylic acids is 2. The van der Waals surface area contributed by atoms with Crippen molar-refractivity contribution in [3.63, 3.8) is 0 Å². The van der Waals surface area contributed by atoms with Gasteiger partial charge in [0.25, 0.3) is 0 Å². The average molecular weight is 409 g/mol. The molecule has 3 rings (SSSR count).